The first-order chi connectivity index (χ1) is 17.0. The minimum absolute atomic E-state index is 0.0187. The number of nitrogens with one attached hydrogen (secondary N) is 2. The van der Waals surface area contributed by atoms with E-state index in [4.69, 9.17) is 4.74 Å². The average Bonchev–Trinajstić information content (AvgIpc) is 3.56. The van der Waals surface area contributed by atoms with Crippen LogP contribution in [0.1, 0.15) is 68.4 Å². The van der Waals surface area contributed by atoms with Crippen LogP contribution in [-0.4, -0.2) is 41.3 Å². The van der Waals surface area contributed by atoms with E-state index in [0.29, 0.717) is 25.7 Å². The SMILES string of the molecule is O=C(CC1(NC(=O)OCC2c3ccccc3-c3ccccc32)CC1)N[C@H]1CCCCC[C@H]1C(=O)O. The summed E-state index contributed by atoms with van der Waals surface area (Å²) in [5.41, 5.74) is 4.05. The summed E-state index contributed by atoms with van der Waals surface area (Å²) in [7, 11) is 0. The first kappa shape index (κ1) is 23.4. The molecule has 0 unspecified atom stereocenters. The number of rotatable bonds is 7. The summed E-state index contributed by atoms with van der Waals surface area (Å²) in [4.78, 5) is 37.1. The molecule has 3 aliphatic carbocycles. The molecule has 35 heavy (non-hydrogen) atoms. The van der Waals surface area contributed by atoms with E-state index >= 15 is 0 Å². The molecule has 0 bridgehead atoms. The smallest absolute Gasteiger partial charge is 0.407 e. The Labute approximate surface area is 205 Å². The number of carboxylic acids is 1. The van der Waals surface area contributed by atoms with Crippen molar-refractivity contribution >= 4 is 18.0 Å². The molecule has 2 saturated carbocycles. The molecule has 7 heteroatoms. The van der Waals surface area contributed by atoms with Gasteiger partial charge < -0.3 is 20.5 Å². The fourth-order valence-electron chi connectivity index (χ4n) is 5.69. The zero-order valence-corrected chi connectivity index (χ0v) is 19.8. The number of hydrogen-bond acceptors (Lipinski definition) is 4. The van der Waals surface area contributed by atoms with Crippen molar-refractivity contribution in [2.75, 3.05) is 6.61 Å². The number of carbonyl (C=O) groups is 3. The van der Waals surface area contributed by atoms with Crippen molar-refractivity contribution in [3.63, 3.8) is 0 Å². The van der Waals surface area contributed by atoms with E-state index in [2.05, 4.69) is 34.9 Å². The molecule has 0 spiro atoms. The molecule has 0 heterocycles. The van der Waals surface area contributed by atoms with E-state index in [1.54, 1.807) is 0 Å². The Kier molecular flexibility index (Phi) is 6.50. The molecule has 2 aromatic carbocycles. The summed E-state index contributed by atoms with van der Waals surface area (Å²) in [5, 5.41) is 15.4. The largest absolute Gasteiger partial charge is 0.481 e. The third-order valence-electron chi connectivity index (χ3n) is 7.74. The lowest BCUT2D eigenvalue weighted by molar-refractivity contribution is -0.143. The van der Waals surface area contributed by atoms with E-state index in [9.17, 15) is 19.5 Å². The molecule has 2 amide bonds. The van der Waals surface area contributed by atoms with Crippen LogP contribution in [0.3, 0.4) is 0 Å². The fourth-order valence-corrected chi connectivity index (χ4v) is 5.69. The van der Waals surface area contributed by atoms with Crippen molar-refractivity contribution in [1.82, 2.24) is 10.6 Å². The monoisotopic (exact) mass is 476 g/mol. The van der Waals surface area contributed by atoms with Crippen LogP contribution in [0.25, 0.3) is 11.1 Å². The molecular weight excluding hydrogens is 444 g/mol. The molecule has 2 aromatic rings. The number of aliphatic carboxylic acids is 1. The lowest BCUT2D eigenvalue weighted by atomic mass is 9.94. The summed E-state index contributed by atoms with van der Waals surface area (Å²) in [6, 6.07) is 16.0. The lowest BCUT2D eigenvalue weighted by Crippen LogP contribution is -2.46. The molecule has 3 N–H and O–H groups in total. The van der Waals surface area contributed by atoms with Crippen LogP contribution in [-0.2, 0) is 14.3 Å². The summed E-state index contributed by atoms with van der Waals surface area (Å²) in [6.45, 7) is 0.227. The van der Waals surface area contributed by atoms with Crippen molar-refractivity contribution in [3.05, 3.63) is 59.7 Å². The quantitative estimate of drug-likeness (QED) is 0.507. The highest BCUT2D eigenvalue weighted by Gasteiger charge is 2.47. The van der Waals surface area contributed by atoms with Crippen molar-refractivity contribution in [3.8, 4) is 11.1 Å². The molecule has 0 radical (unpaired) electrons. The van der Waals surface area contributed by atoms with Gasteiger partial charge in [-0.2, -0.15) is 0 Å². The fraction of sp³-hybridized carbons (Fsp3) is 0.464. The van der Waals surface area contributed by atoms with E-state index in [0.717, 1.165) is 30.4 Å². The van der Waals surface area contributed by atoms with Gasteiger partial charge in [0.1, 0.15) is 6.61 Å². The van der Waals surface area contributed by atoms with Crippen molar-refractivity contribution in [2.45, 2.75) is 68.9 Å². The van der Waals surface area contributed by atoms with Gasteiger partial charge in [0, 0.05) is 18.4 Å². The van der Waals surface area contributed by atoms with Gasteiger partial charge in [0.15, 0.2) is 0 Å². The van der Waals surface area contributed by atoms with E-state index in [-0.39, 0.29) is 30.9 Å². The van der Waals surface area contributed by atoms with Gasteiger partial charge in [-0.1, -0.05) is 67.8 Å². The van der Waals surface area contributed by atoms with Crippen LogP contribution in [0.4, 0.5) is 4.79 Å². The average molecular weight is 477 g/mol. The normalized spacial score (nSPS) is 22.3. The molecule has 0 saturated heterocycles. The second kappa shape index (κ2) is 9.72. The van der Waals surface area contributed by atoms with Gasteiger partial charge in [0.2, 0.25) is 5.91 Å². The molecule has 0 aliphatic heterocycles. The number of ether oxygens (including phenoxy) is 1. The standard InChI is InChI=1S/C28H32N2O5/c31-25(29-24-13-3-1-2-12-22(24)26(32)33)16-28(14-15-28)30-27(34)35-17-23-20-10-6-4-8-18(20)19-9-5-7-11-21(19)23/h4-11,22-24H,1-3,12-17H2,(H,29,31)(H,30,34)(H,32,33)/t22-,24+/m1/s1. The van der Waals surface area contributed by atoms with Crippen molar-refractivity contribution in [1.29, 1.82) is 0 Å². The number of alkyl carbamates (subject to hydrolysis) is 1. The number of carbonyl (C=O) groups excluding carboxylic acids is 2. The summed E-state index contributed by atoms with van der Waals surface area (Å²) in [5.74, 6) is -1.63. The Morgan fingerprint density at radius 3 is 2.17 bits per heavy atom. The van der Waals surface area contributed by atoms with Crippen LogP contribution >= 0.6 is 0 Å². The number of fused-ring (bicyclic) bond motifs is 3. The number of amides is 2. The zero-order chi connectivity index (χ0) is 24.4. The van der Waals surface area contributed by atoms with Crippen LogP contribution in [0.15, 0.2) is 48.5 Å². The second-order valence-corrected chi connectivity index (χ2v) is 10.2. The highest BCUT2D eigenvalue weighted by molar-refractivity contribution is 5.81. The van der Waals surface area contributed by atoms with Gasteiger partial charge in [-0.05, 0) is 47.9 Å². The minimum Gasteiger partial charge on any atom is -0.481 e. The molecule has 0 aromatic heterocycles. The molecule has 2 atom stereocenters. The Bertz CT molecular complexity index is 1080. The number of benzene rings is 2. The Morgan fingerprint density at radius 1 is 0.914 bits per heavy atom. The highest BCUT2D eigenvalue weighted by Crippen LogP contribution is 2.44. The molecular formula is C28H32N2O5. The second-order valence-electron chi connectivity index (χ2n) is 10.2. The number of hydrogen-bond donors (Lipinski definition) is 3. The Balaban J connectivity index is 1.16. The van der Waals surface area contributed by atoms with Crippen molar-refractivity contribution in [2.24, 2.45) is 5.92 Å². The van der Waals surface area contributed by atoms with E-state index < -0.39 is 23.5 Å². The lowest BCUT2D eigenvalue weighted by Gasteiger charge is -2.24. The summed E-state index contributed by atoms with van der Waals surface area (Å²) in [6.07, 6.45) is 5.07. The topological polar surface area (TPSA) is 105 Å². The molecule has 5 rings (SSSR count). The molecule has 7 nitrogen and oxygen atoms in total. The van der Waals surface area contributed by atoms with Gasteiger partial charge in [0.25, 0.3) is 0 Å². The van der Waals surface area contributed by atoms with Crippen molar-refractivity contribution < 1.29 is 24.2 Å². The maximum Gasteiger partial charge on any atom is 0.407 e. The first-order valence-electron chi connectivity index (χ1n) is 12.6. The predicted molar refractivity (Wildman–Crippen MR) is 131 cm³/mol. The maximum atomic E-state index is 12.8. The molecule has 3 aliphatic rings. The van der Waals surface area contributed by atoms with Crippen LogP contribution in [0, 0.1) is 5.92 Å². The van der Waals surface area contributed by atoms with Gasteiger partial charge in [-0.15, -0.1) is 0 Å². The van der Waals surface area contributed by atoms with Gasteiger partial charge in [-0.25, -0.2) is 4.79 Å². The highest BCUT2D eigenvalue weighted by atomic mass is 16.5. The molecule has 184 valence electrons. The molecule has 2 fully saturated rings. The van der Waals surface area contributed by atoms with Crippen LogP contribution in [0.2, 0.25) is 0 Å². The Morgan fingerprint density at radius 2 is 1.54 bits per heavy atom. The van der Waals surface area contributed by atoms with Gasteiger partial charge in [0.05, 0.1) is 11.5 Å². The van der Waals surface area contributed by atoms with Crippen LogP contribution in [0.5, 0.6) is 0 Å². The van der Waals surface area contributed by atoms with Crippen LogP contribution < -0.4 is 10.6 Å². The summed E-state index contributed by atoms with van der Waals surface area (Å²) < 4.78 is 5.65. The van der Waals surface area contributed by atoms with E-state index in [1.807, 2.05) is 24.3 Å². The third kappa shape index (κ3) is 5.04. The Hall–Kier alpha value is -3.35. The maximum absolute atomic E-state index is 12.8. The van der Waals surface area contributed by atoms with E-state index in [1.165, 1.54) is 11.1 Å². The zero-order valence-electron chi connectivity index (χ0n) is 19.8. The third-order valence-corrected chi connectivity index (χ3v) is 7.74. The minimum atomic E-state index is -0.852. The number of carboxylic acid groups (broad SMARTS) is 1. The first-order valence-corrected chi connectivity index (χ1v) is 12.6. The van der Waals surface area contributed by atoms with Gasteiger partial charge in [-0.3, -0.25) is 9.59 Å². The van der Waals surface area contributed by atoms with Gasteiger partial charge >= 0.3 is 12.1 Å². The summed E-state index contributed by atoms with van der Waals surface area (Å²) >= 11 is 0. The predicted octanol–water partition coefficient (Wildman–Crippen LogP) is 4.60.